The highest BCUT2D eigenvalue weighted by molar-refractivity contribution is 6.31. The summed E-state index contributed by atoms with van der Waals surface area (Å²) < 4.78 is 0. The van der Waals surface area contributed by atoms with Gasteiger partial charge in [0.05, 0.1) is 11.8 Å². The third-order valence-corrected chi connectivity index (χ3v) is 2.82. The van der Waals surface area contributed by atoms with E-state index in [4.69, 9.17) is 16.7 Å². The molecule has 1 amide bonds. The summed E-state index contributed by atoms with van der Waals surface area (Å²) in [6.07, 6.45) is 1.28. The van der Waals surface area contributed by atoms with Crippen LogP contribution in [0, 0.1) is 0 Å². The van der Waals surface area contributed by atoms with Crippen molar-refractivity contribution >= 4 is 23.7 Å². The summed E-state index contributed by atoms with van der Waals surface area (Å²) in [7, 11) is 0. The first-order valence-electron chi connectivity index (χ1n) is 5.81. The number of nitrogens with one attached hydrogen (secondary N) is 1. The number of benzene rings is 2. The van der Waals surface area contributed by atoms with Crippen molar-refractivity contribution in [1.82, 2.24) is 5.43 Å². The topological polar surface area (TPSA) is 102 Å². The minimum atomic E-state index is -0.630. The van der Waals surface area contributed by atoms with Crippen LogP contribution in [-0.2, 0) is 0 Å². The Hall–Kier alpha value is -2.73. The quantitative estimate of drug-likeness (QED) is 0.396. The van der Waals surface area contributed by atoms with Gasteiger partial charge in [-0.3, -0.25) is 4.79 Å². The van der Waals surface area contributed by atoms with Crippen LogP contribution in [0.2, 0.25) is 5.02 Å². The molecule has 0 aromatic heterocycles. The van der Waals surface area contributed by atoms with E-state index in [1.165, 1.54) is 42.6 Å². The van der Waals surface area contributed by atoms with E-state index in [-0.39, 0.29) is 22.8 Å². The van der Waals surface area contributed by atoms with E-state index in [1.54, 1.807) is 0 Å². The third kappa shape index (κ3) is 3.64. The molecule has 0 heterocycles. The highest BCUT2D eigenvalue weighted by Gasteiger charge is 2.10. The summed E-state index contributed by atoms with van der Waals surface area (Å²) in [4.78, 5) is 11.8. The Morgan fingerprint density at radius 2 is 1.76 bits per heavy atom. The lowest BCUT2D eigenvalue weighted by Gasteiger charge is -2.03. The molecule has 21 heavy (non-hydrogen) atoms. The summed E-state index contributed by atoms with van der Waals surface area (Å²) in [6.45, 7) is 0. The largest absolute Gasteiger partial charge is 0.507 e. The van der Waals surface area contributed by atoms with Gasteiger partial charge in [-0.2, -0.15) is 5.10 Å². The van der Waals surface area contributed by atoms with Gasteiger partial charge in [0, 0.05) is 5.02 Å². The number of nitrogens with zero attached hydrogens (tertiary/aromatic N) is 1. The number of rotatable bonds is 3. The molecular formula is C14H11ClN2O4. The lowest BCUT2D eigenvalue weighted by atomic mass is 10.2. The maximum Gasteiger partial charge on any atom is 0.275 e. The van der Waals surface area contributed by atoms with Crippen molar-refractivity contribution in [2.24, 2.45) is 5.10 Å². The number of carbonyl (C=O) groups excluding carboxylic acids is 1. The first kappa shape index (κ1) is 14.7. The standard InChI is InChI=1S/C14H11ClN2O4/c15-9-2-4-11(18)10(6-9)14(21)17-16-7-8-1-3-12(19)13(20)5-8/h1-7,18-20H,(H,17,21)/b16-7+. The van der Waals surface area contributed by atoms with E-state index < -0.39 is 5.91 Å². The lowest BCUT2D eigenvalue weighted by molar-refractivity contribution is 0.0952. The molecule has 0 radical (unpaired) electrons. The van der Waals surface area contributed by atoms with Gasteiger partial charge < -0.3 is 15.3 Å². The van der Waals surface area contributed by atoms with Gasteiger partial charge in [-0.15, -0.1) is 0 Å². The van der Waals surface area contributed by atoms with Crippen molar-refractivity contribution in [3.8, 4) is 17.2 Å². The molecule has 6 nitrogen and oxygen atoms in total. The molecule has 0 saturated carbocycles. The fourth-order valence-corrected chi connectivity index (χ4v) is 1.71. The second-order valence-corrected chi connectivity index (χ2v) is 4.55. The average Bonchev–Trinajstić information content (AvgIpc) is 2.45. The Bertz CT molecular complexity index is 716. The zero-order valence-electron chi connectivity index (χ0n) is 10.6. The van der Waals surface area contributed by atoms with E-state index in [2.05, 4.69) is 10.5 Å². The molecule has 0 unspecified atom stereocenters. The molecule has 0 atom stereocenters. The number of amides is 1. The molecule has 0 aliphatic rings. The number of hydrogen-bond acceptors (Lipinski definition) is 5. The van der Waals surface area contributed by atoms with Crippen LogP contribution in [0.5, 0.6) is 17.2 Å². The number of hydrogen-bond donors (Lipinski definition) is 4. The number of aromatic hydroxyl groups is 3. The molecule has 4 N–H and O–H groups in total. The van der Waals surface area contributed by atoms with Gasteiger partial charge in [-0.25, -0.2) is 5.43 Å². The van der Waals surface area contributed by atoms with Crippen LogP contribution in [0.4, 0.5) is 0 Å². The summed E-state index contributed by atoms with van der Waals surface area (Å²) >= 11 is 5.74. The van der Waals surface area contributed by atoms with Crippen LogP contribution in [0.3, 0.4) is 0 Å². The van der Waals surface area contributed by atoms with Crippen molar-refractivity contribution in [3.63, 3.8) is 0 Å². The molecule has 108 valence electrons. The van der Waals surface area contributed by atoms with Gasteiger partial charge in [0.2, 0.25) is 0 Å². The van der Waals surface area contributed by atoms with Crippen molar-refractivity contribution in [2.45, 2.75) is 0 Å². The minimum Gasteiger partial charge on any atom is -0.507 e. The number of phenolic OH excluding ortho intramolecular Hbond substituents is 3. The van der Waals surface area contributed by atoms with Crippen LogP contribution >= 0.6 is 11.6 Å². The molecule has 0 aliphatic heterocycles. The Morgan fingerprint density at radius 3 is 2.48 bits per heavy atom. The molecule has 0 fully saturated rings. The van der Waals surface area contributed by atoms with E-state index in [0.29, 0.717) is 10.6 Å². The van der Waals surface area contributed by atoms with E-state index >= 15 is 0 Å². The SMILES string of the molecule is O=C(N/N=C/c1ccc(O)c(O)c1)c1cc(Cl)ccc1O. The molecule has 7 heteroatoms. The maximum absolute atomic E-state index is 11.8. The van der Waals surface area contributed by atoms with Gasteiger partial charge in [-0.05, 0) is 42.0 Å². The van der Waals surface area contributed by atoms with Gasteiger partial charge >= 0.3 is 0 Å². The number of phenols is 3. The van der Waals surface area contributed by atoms with Crippen molar-refractivity contribution in [1.29, 1.82) is 0 Å². The third-order valence-electron chi connectivity index (χ3n) is 2.58. The van der Waals surface area contributed by atoms with Crippen LogP contribution in [0.1, 0.15) is 15.9 Å². The number of hydrazone groups is 1. The average molecular weight is 307 g/mol. The molecule has 0 aliphatic carbocycles. The molecule has 2 aromatic carbocycles. The fraction of sp³-hybridized carbons (Fsp3) is 0. The first-order valence-corrected chi connectivity index (χ1v) is 6.19. The van der Waals surface area contributed by atoms with Gasteiger partial charge in [-0.1, -0.05) is 11.6 Å². The van der Waals surface area contributed by atoms with E-state index in [9.17, 15) is 15.0 Å². The predicted molar refractivity (Wildman–Crippen MR) is 77.9 cm³/mol. The number of halogens is 1. The van der Waals surface area contributed by atoms with Crippen LogP contribution < -0.4 is 5.43 Å². The zero-order chi connectivity index (χ0) is 15.4. The molecule has 2 aromatic rings. The molecule has 0 bridgehead atoms. The van der Waals surface area contributed by atoms with E-state index in [0.717, 1.165) is 0 Å². The number of carbonyl (C=O) groups is 1. The van der Waals surface area contributed by atoms with Crippen molar-refractivity contribution in [2.75, 3.05) is 0 Å². The Morgan fingerprint density at radius 1 is 1.05 bits per heavy atom. The maximum atomic E-state index is 11.8. The summed E-state index contributed by atoms with van der Waals surface area (Å²) in [5.41, 5.74) is 2.68. The second kappa shape index (κ2) is 6.15. The normalized spacial score (nSPS) is 10.7. The van der Waals surface area contributed by atoms with Crippen LogP contribution in [-0.4, -0.2) is 27.4 Å². The highest BCUT2D eigenvalue weighted by Crippen LogP contribution is 2.24. The monoisotopic (exact) mass is 306 g/mol. The van der Waals surface area contributed by atoms with Crippen LogP contribution in [0.25, 0.3) is 0 Å². The molecule has 0 saturated heterocycles. The van der Waals surface area contributed by atoms with E-state index in [1.807, 2.05) is 0 Å². The van der Waals surface area contributed by atoms with Gasteiger partial charge in [0.15, 0.2) is 11.5 Å². The van der Waals surface area contributed by atoms with Gasteiger partial charge in [0.25, 0.3) is 5.91 Å². The Kier molecular flexibility index (Phi) is 4.30. The Labute approximate surface area is 124 Å². The summed E-state index contributed by atoms with van der Waals surface area (Å²) in [5, 5.41) is 32.0. The minimum absolute atomic E-state index is 0.00629. The molecule has 2 rings (SSSR count). The van der Waals surface area contributed by atoms with Crippen LogP contribution in [0.15, 0.2) is 41.5 Å². The van der Waals surface area contributed by atoms with Crippen molar-refractivity contribution < 1.29 is 20.1 Å². The predicted octanol–water partition coefficient (Wildman–Crippen LogP) is 2.22. The first-order chi connectivity index (χ1) is 9.97. The lowest BCUT2D eigenvalue weighted by Crippen LogP contribution is -2.17. The smallest absolute Gasteiger partial charge is 0.275 e. The molecular weight excluding hydrogens is 296 g/mol. The fourth-order valence-electron chi connectivity index (χ4n) is 1.54. The second-order valence-electron chi connectivity index (χ2n) is 4.11. The summed E-state index contributed by atoms with van der Waals surface area (Å²) in [5.74, 6) is -1.39. The zero-order valence-corrected chi connectivity index (χ0v) is 11.4. The Balaban J connectivity index is 2.08. The molecule has 0 spiro atoms. The van der Waals surface area contributed by atoms with Gasteiger partial charge in [0.1, 0.15) is 5.75 Å². The summed E-state index contributed by atoms with van der Waals surface area (Å²) in [6, 6.07) is 8.15. The highest BCUT2D eigenvalue weighted by atomic mass is 35.5. The van der Waals surface area contributed by atoms with Crippen molar-refractivity contribution in [3.05, 3.63) is 52.5 Å².